The second kappa shape index (κ2) is 10.9. The summed E-state index contributed by atoms with van der Waals surface area (Å²) in [6, 6.07) is 14.2. The number of halogens is 1. The van der Waals surface area contributed by atoms with Crippen molar-refractivity contribution in [1.82, 2.24) is 10.2 Å². The highest BCUT2D eigenvalue weighted by molar-refractivity contribution is 6.30. The van der Waals surface area contributed by atoms with Gasteiger partial charge in [-0.15, -0.1) is 0 Å². The van der Waals surface area contributed by atoms with Gasteiger partial charge in [0.2, 0.25) is 5.91 Å². The molecule has 0 aliphatic carbocycles. The van der Waals surface area contributed by atoms with Gasteiger partial charge in [0.15, 0.2) is 6.61 Å². The molecule has 0 aliphatic heterocycles. The van der Waals surface area contributed by atoms with Crippen molar-refractivity contribution in [2.45, 2.75) is 52.7 Å². The van der Waals surface area contributed by atoms with Gasteiger partial charge in [-0.3, -0.25) is 9.59 Å². The van der Waals surface area contributed by atoms with Gasteiger partial charge in [0.05, 0.1) is 0 Å². The molecule has 0 radical (unpaired) electrons. The average Bonchev–Trinajstić information content (AvgIpc) is 2.72. The zero-order chi connectivity index (χ0) is 21.4. The van der Waals surface area contributed by atoms with Gasteiger partial charge < -0.3 is 15.0 Å². The summed E-state index contributed by atoms with van der Waals surface area (Å²) in [5.41, 5.74) is 2.10. The smallest absolute Gasteiger partial charge is 0.261 e. The third-order valence-corrected chi connectivity index (χ3v) is 5.07. The average molecular weight is 417 g/mol. The van der Waals surface area contributed by atoms with Crippen molar-refractivity contribution in [3.8, 4) is 5.75 Å². The van der Waals surface area contributed by atoms with Crippen molar-refractivity contribution in [1.29, 1.82) is 0 Å². The van der Waals surface area contributed by atoms with Crippen LogP contribution in [-0.2, 0) is 16.1 Å². The minimum atomic E-state index is -0.619. The minimum Gasteiger partial charge on any atom is -0.484 e. The first-order valence-electron chi connectivity index (χ1n) is 9.84. The number of rotatable bonds is 9. The van der Waals surface area contributed by atoms with E-state index in [1.165, 1.54) is 0 Å². The predicted molar refractivity (Wildman–Crippen MR) is 116 cm³/mol. The number of hydrogen-bond donors (Lipinski definition) is 1. The topological polar surface area (TPSA) is 58.6 Å². The molecule has 2 rings (SSSR count). The molecule has 2 amide bonds. The van der Waals surface area contributed by atoms with E-state index in [0.717, 1.165) is 17.5 Å². The third-order valence-electron chi connectivity index (χ3n) is 4.82. The Balaban J connectivity index is 2.13. The van der Waals surface area contributed by atoms with Crippen molar-refractivity contribution < 1.29 is 14.3 Å². The summed E-state index contributed by atoms with van der Waals surface area (Å²) in [6.45, 7) is 7.87. The van der Waals surface area contributed by atoms with Gasteiger partial charge in [0, 0.05) is 17.6 Å². The monoisotopic (exact) mass is 416 g/mol. The molecule has 156 valence electrons. The number of hydrogen-bond acceptors (Lipinski definition) is 3. The molecule has 0 aromatic heterocycles. The minimum absolute atomic E-state index is 0.0478. The van der Waals surface area contributed by atoms with Gasteiger partial charge in [0.25, 0.3) is 5.91 Å². The molecule has 2 aromatic rings. The van der Waals surface area contributed by atoms with E-state index in [9.17, 15) is 9.59 Å². The lowest BCUT2D eigenvalue weighted by molar-refractivity contribution is -0.142. The van der Waals surface area contributed by atoms with E-state index >= 15 is 0 Å². The highest BCUT2D eigenvalue weighted by Crippen LogP contribution is 2.16. The SMILES string of the molecule is CC[C@H](C)NC(=O)[C@@H](C)N(Cc1ccc(C)cc1)C(=O)COc1ccc(Cl)cc1. The molecule has 0 heterocycles. The highest BCUT2D eigenvalue weighted by Gasteiger charge is 2.27. The Morgan fingerprint density at radius 3 is 2.28 bits per heavy atom. The lowest BCUT2D eigenvalue weighted by Gasteiger charge is -2.29. The van der Waals surface area contributed by atoms with E-state index in [1.807, 2.05) is 45.0 Å². The van der Waals surface area contributed by atoms with Gasteiger partial charge in [-0.1, -0.05) is 48.4 Å². The van der Waals surface area contributed by atoms with Crippen molar-refractivity contribution >= 4 is 23.4 Å². The van der Waals surface area contributed by atoms with Crippen LogP contribution >= 0.6 is 11.6 Å². The van der Waals surface area contributed by atoms with Crippen molar-refractivity contribution in [2.75, 3.05) is 6.61 Å². The standard InChI is InChI=1S/C23H29ClN2O3/c1-5-17(3)25-23(28)18(4)26(14-19-8-6-16(2)7-9-19)22(27)15-29-21-12-10-20(24)11-13-21/h6-13,17-18H,5,14-15H2,1-4H3,(H,25,28)/t17-,18+/m0/s1. The zero-order valence-corrected chi connectivity index (χ0v) is 18.2. The van der Waals surface area contributed by atoms with Gasteiger partial charge in [-0.25, -0.2) is 0 Å². The summed E-state index contributed by atoms with van der Waals surface area (Å²) < 4.78 is 5.61. The van der Waals surface area contributed by atoms with Crippen molar-refractivity contribution in [3.63, 3.8) is 0 Å². The first kappa shape index (κ1) is 22.8. The van der Waals surface area contributed by atoms with Crippen LogP contribution in [0.5, 0.6) is 5.75 Å². The number of benzene rings is 2. The molecular formula is C23H29ClN2O3. The van der Waals surface area contributed by atoms with Crippen LogP contribution < -0.4 is 10.1 Å². The van der Waals surface area contributed by atoms with Crippen LogP contribution in [0.4, 0.5) is 0 Å². The van der Waals surface area contributed by atoms with E-state index in [0.29, 0.717) is 17.3 Å². The number of amides is 2. The van der Waals surface area contributed by atoms with E-state index in [4.69, 9.17) is 16.3 Å². The van der Waals surface area contributed by atoms with Crippen LogP contribution in [0.15, 0.2) is 48.5 Å². The largest absolute Gasteiger partial charge is 0.484 e. The van der Waals surface area contributed by atoms with Crippen LogP contribution in [0.2, 0.25) is 5.02 Å². The van der Waals surface area contributed by atoms with Crippen LogP contribution in [-0.4, -0.2) is 35.4 Å². The molecule has 5 nitrogen and oxygen atoms in total. The predicted octanol–water partition coefficient (Wildman–Crippen LogP) is 4.36. The molecule has 1 N–H and O–H groups in total. The van der Waals surface area contributed by atoms with Gasteiger partial charge in [0.1, 0.15) is 11.8 Å². The molecule has 0 bridgehead atoms. The quantitative estimate of drug-likeness (QED) is 0.660. The Labute approximate surface area is 178 Å². The van der Waals surface area contributed by atoms with Crippen LogP contribution in [0.1, 0.15) is 38.3 Å². The summed E-state index contributed by atoms with van der Waals surface area (Å²) in [4.78, 5) is 27.2. The number of ether oxygens (including phenoxy) is 1. The molecule has 0 fully saturated rings. The first-order chi connectivity index (χ1) is 13.8. The maximum atomic E-state index is 13.0. The van der Waals surface area contributed by atoms with Crippen molar-refractivity contribution in [2.24, 2.45) is 0 Å². The summed E-state index contributed by atoms with van der Waals surface area (Å²) in [5, 5.41) is 3.55. The summed E-state index contributed by atoms with van der Waals surface area (Å²) in [7, 11) is 0. The van der Waals surface area contributed by atoms with Crippen LogP contribution in [0.3, 0.4) is 0 Å². The van der Waals surface area contributed by atoms with Crippen molar-refractivity contribution in [3.05, 3.63) is 64.7 Å². The second-order valence-corrected chi connectivity index (χ2v) is 7.68. The normalized spacial score (nSPS) is 12.7. The maximum Gasteiger partial charge on any atom is 0.261 e. The van der Waals surface area contributed by atoms with Gasteiger partial charge >= 0.3 is 0 Å². The molecule has 6 heteroatoms. The highest BCUT2D eigenvalue weighted by atomic mass is 35.5. The first-order valence-corrected chi connectivity index (χ1v) is 10.2. The summed E-state index contributed by atoms with van der Waals surface area (Å²) >= 11 is 5.88. The van der Waals surface area contributed by atoms with Crippen LogP contribution in [0.25, 0.3) is 0 Å². The Bertz CT molecular complexity index is 806. The van der Waals surface area contributed by atoms with E-state index in [2.05, 4.69) is 5.32 Å². The fourth-order valence-electron chi connectivity index (χ4n) is 2.70. The lowest BCUT2D eigenvalue weighted by atomic mass is 10.1. The Morgan fingerprint density at radius 2 is 1.69 bits per heavy atom. The van der Waals surface area contributed by atoms with E-state index in [-0.39, 0.29) is 24.5 Å². The maximum absolute atomic E-state index is 13.0. The fourth-order valence-corrected chi connectivity index (χ4v) is 2.82. The van der Waals surface area contributed by atoms with Gasteiger partial charge in [-0.2, -0.15) is 0 Å². The van der Waals surface area contributed by atoms with Crippen LogP contribution in [0, 0.1) is 6.92 Å². The molecule has 2 aromatic carbocycles. The molecule has 2 atom stereocenters. The number of nitrogens with zero attached hydrogens (tertiary/aromatic N) is 1. The number of nitrogens with one attached hydrogen (secondary N) is 1. The number of carbonyl (C=O) groups is 2. The molecule has 0 unspecified atom stereocenters. The van der Waals surface area contributed by atoms with E-state index in [1.54, 1.807) is 36.1 Å². The van der Waals surface area contributed by atoms with Gasteiger partial charge in [-0.05, 0) is 57.0 Å². The Kier molecular flexibility index (Phi) is 8.52. The molecule has 29 heavy (non-hydrogen) atoms. The zero-order valence-electron chi connectivity index (χ0n) is 17.4. The summed E-state index contributed by atoms with van der Waals surface area (Å²) in [5.74, 6) is 0.119. The third kappa shape index (κ3) is 7.09. The summed E-state index contributed by atoms with van der Waals surface area (Å²) in [6.07, 6.45) is 0.823. The van der Waals surface area contributed by atoms with E-state index < -0.39 is 6.04 Å². The molecule has 0 aliphatic rings. The Morgan fingerprint density at radius 1 is 1.07 bits per heavy atom. The number of aryl methyl sites for hydroxylation is 1. The fraction of sp³-hybridized carbons (Fsp3) is 0.391. The molecular weight excluding hydrogens is 388 g/mol. The molecule has 0 spiro atoms. The second-order valence-electron chi connectivity index (χ2n) is 7.24. The Hall–Kier alpha value is -2.53. The lowest BCUT2D eigenvalue weighted by Crippen LogP contribution is -2.50. The molecule has 0 saturated heterocycles. The molecule has 0 saturated carbocycles. The number of carbonyl (C=O) groups excluding carboxylic acids is 2.